The third-order valence-corrected chi connectivity index (χ3v) is 6.59. The quantitative estimate of drug-likeness (QED) is 0.186. The van der Waals surface area contributed by atoms with Crippen molar-refractivity contribution in [2.75, 3.05) is 23.5 Å². The van der Waals surface area contributed by atoms with Crippen LogP contribution in [0, 0.1) is 3.57 Å². The van der Waals surface area contributed by atoms with Crippen LogP contribution in [-0.4, -0.2) is 33.5 Å². The van der Waals surface area contributed by atoms with E-state index in [0.717, 1.165) is 33.8 Å². The van der Waals surface area contributed by atoms with Crippen molar-refractivity contribution in [1.29, 1.82) is 0 Å². The van der Waals surface area contributed by atoms with Crippen LogP contribution in [0.3, 0.4) is 0 Å². The molecule has 0 aliphatic heterocycles. The Morgan fingerprint density at radius 2 is 1.68 bits per heavy atom. The summed E-state index contributed by atoms with van der Waals surface area (Å²) in [5.41, 5.74) is 2.75. The van der Waals surface area contributed by atoms with Gasteiger partial charge in [-0.1, -0.05) is 30.0 Å². The van der Waals surface area contributed by atoms with Crippen molar-refractivity contribution >= 4 is 51.6 Å². The number of aromatic nitrogens is 3. The number of methoxy groups -OCH3 is 1. The average Bonchev–Trinajstić information content (AvgIpc) is 3.27. The van der Waals surface area contributed by atoms with Gasteiger partial charge in [0.15, 0.2) is 11.0 Å². The van der Waals surface area contributed by atoms with E-state index < -0.39 is 0 Å². The Labute approximate surface area is 216 Å². The van der Waals surface area contributed by atoms with Gasteiger partial charge in [-0.3, -0.25) is 9.36 Å². The zero-order valence-corrected chi connectivity index (χ0v) is 21.5. The number of anilines is 2. The molecule has 7 nitrogen and oxygen atoms in total. The van der Waals surface area contributed by atoms with E-state index >= 15 is 0 Å². The molecular weight excluding hydrogens is 561 g/mol. The third kappa shape index (κ3) is 6.51. The SMILES string of the molecule is COc1ccc(NC(=O)CCSc2nnc(CNc3ccc(I)cc3)n2-c2ccccc2)cc1. The van der Waals surface area contributed by atoms with Gasteiger partial charge in [0, 0.05) is 32.8 Å². The van der Waals surface area contributed by atoms with Gasteiger partial charge < -0.3 is 15.4 Å². The summed E-state index contributed by atoms with van der Waals surface area (Å²) >= 11 is 3.80. The molecule has 0 bridgehead atoms. The summed E-state index contributed by atoms with van der Waals surface area (Å²) in [4.78, 5) is 12.4. The molecule has 0 aliphatic rings. The van der Waals surface area contributed by atoms with E-state index in [-0.39, 0.29) is 5.91 Å². The number of ether oxygens (including phenoxy) is 1. The molecule has 0 fully saturated rings. The second-order valence-corrected chi connectivity index (χ2v) is 9.61. The monoisotopic (exact) mass is 585 g/mol. The van der Waals surface area contributed by atoms with Gasteiger partial charge in [0.1, 0.15) is 5.75 Å². The number of carbonyl (C=O) groups is 1. The lowest BCUT2D eigenvalue weighted by Crippen LogP contribution is -2.12. The Kier molecular flexibility index (Phi) is 8.42. The molecule has 4 aromatic rings. The van der Waals surface area contributed by atoms with Crippen molar-refractivity contribution in [2.45, 2.75) is 18.1 Å². The van der Waals surface area contributed by atoms with Crippen LogP contribution >= 0.6 is 34.4 Å². The first-order chi connectivity index (χ1) is 16.6. The maximum atomic E-state index is 12.4. The van der Waals surface area contributed by atoms with E-state index in [1.54, 1.807) is 7.11 Å². The molecule has 1 aromatic heterocycles. The standard InChI is InChI=1S/C25H24IN5O2S/c1-33-22-13-11-20(12-14-22)28-24(32)15-16-34-25-30-29-23(31(25)21-5-3-2-4-6-21)17-27-19-9-7-18(26)8-10-19/h2-14,27H,15-17H2,1H3,(H,28,32). The number of nitrogens with one attached hydrogen (secondary N) is 2. The van der Waals surface area contributed by atoms with E-state index in [1.165, 1.54) is 15.3 Å². The lowest BCUT2D eigenvalue weighted by molar-refractivity contribution is -0.115. The second-order valence-electron chi connectivity index (χ2n) is 7.31. The van der Waals surface area contributed by atoms with Gasteiger partial charge in [-0.25, -0.2) is 0 Å². The number of hydrogen-bond acceptors (Lipinski definition) is 6. The second kappa shape index (κ2) is 11.9. The molecule has 1 heterocycles. The summed E-state index contributed by atoms with van der Waals surface area (Å²) in [6.45, 7) is 0.529. The number of carbonyl (C=O) groups excluding carboxylic acids is 1. The highest BCUT2D eigenvalue weighted by atomic mass is 127. The first kappa shape index (κ1) is 24.1. The van der Waals surface area contributed by atoms with Crippen LogP contribution < -0.4 is 15.4 Å². The summed E-state index contributed by atoms with van der Waals surface area (Å²) in [6.07, 6.45) is 0.356. The van der Waals surface area contributed by atoms with Crippen LogP contribution in [0.2, 0.25) is 0 Å². The fourth-order valence-corrected chi connectivity index (χ4v) is 4.49. The molecule has 0 saturated heterocycles. The molecule has 34 heavy (non-hydrogen) atoms. The highest BCUT2D eigenvalue weighted by molar-refractivity contribution is 14.1. The highest BCUT2D eigenvalue weighted by Crippen LogP contribution is 2.24. The van der Waals surface area contributed by atoms with Gasteiger partial charge >= 0.3 is 0 Å². The van der Waals surface area contributed by atoms with Crippen molar-refractivity contribution in [3.8, 4) is 11.4 Å². The molecule has 1 amide bonds. The number of rotatable bonds is 10. The van der Waals surface area contributed by atoms with E-state index in [9.17, 15) is 4.79 Å². The Morgan fingerprint density at radius 3 is 2.38 bits per heavy atom. The Morgan fingerprint density at radius 1 is 0.971 bits per heavy atom. The number of halogens is 1. The predicted molar refractivity (Wildman–Crippen MR) is 145 cm³/mol. The van der Waals surface area contributed by atoms with E-state index in [1.807, 2.05) is 71.3 Å². The molecule has 3 aromatic carbocycles. The predicted octanol–water partition coefficient (Wildman–Crippen LogP) is 5.61. The molecule has 0 spiro atoms. The van der Waals surface area contributed by atoms with Crippen molar-refractivity contribution in [3.05, 3.63) is 88.3 Å². The van der Waals surface area contributed by atoms with Crippen LogP contribution in [0.1, 0.15) is 12.2 Å². The van der Waals surface area contributed by atoms with E-state index in [2.05, 4.69) is 55.6 Å². The molecule has 9 heteroatoms. The van der Waals surface area contributed by atoms with Gasteiger partial charge in [-0.2, -0.15) is 0 Å². The van der Waals surface area contributed by atoms with Crippen LogP contribution in [0.25, 0.3) is 5.69 Å². The van der Waals surface area contributed by atoms with Gasteiger partial charge in [-0.15, -0.1) is 10.2 Å². The summed E-state index contributed by atoms with van der Waals surface area (Å²) in [6, 6.07) is 25.5. The summed E-state index contributed by atoms with van der Waals surface area (Å²) in [5.74, 6) is 2.08. The smallest absolute Gasteiger partial charge is 0.225 e. The molecular formula is C25H24IN5O2S. The van der Waals surface area contributed by atoms with Crippen molar-refractivity contribution < 1.29 is 9.53 Å². The summed E-state index contributed by atoms with van der Waals surface area (Å²) in [7, 11) is 1.61. The maximum absolute atomic E-state index is 12.4. The lowest BCUT2D eigenvalue weighted by atomic mass is 10.3. The summed E-state index contributed by atoms with van der Waals surface area (Å²) < 4.78 is 8.37. The van der Waals surface area contributed by atoms with E-state index in [4.69, 9.17) is 4.74 Å². The number of benzene rings is 3. The minimum atomic E-state index is -0.0518. The third-order valence-electron chi connectivity index (χ3n) is 4.94. The Hall–Kier alpha value is -3.05. The molecule has 0 saturated carbocycles. The lowest BCUT2D eigenvalue weighted by Gasteiger charge is -2.11. The topological polar surface area (TPSA) is 81.1 Å². The fourth-order valence-electron chi connectivity index (χ4n) is 3.23. The first-order valence-corrected chi connectivity index (χ1v) is 12.7. The largest absolute Gasteiger partial charge is 0.497 e. The Balaban J connectivity index is 1.40. The minimum absolute atomic E-state index is 0.0518. The number of para-hydroxylation sites is 1. The first-order valence-electron chi connectivity index (χ1n) is 10.7. The zero-order chi connectivity index (χ0) is 23.8. The normalized spacial score (nSPS) is 10.6. The van der Waals surface area contributed by atoms with Crippen LogP contribution in [0.5, 0.6) is 5.75 Å². The van der Waals surface area contributed by atoms with Crippen molar-refractivity contribution in [3.63, 3.8) is 0 Å². The van der Waals surface area contributed by atoms with Crippen molar-refractivity contribution in [1.82, 2.24) is 14.8 Å². The number of nitrogens with zero attached hydrogens (tertiary/aromatic N) is 3. The number of thioether (sulfide) groups is 1. The summed E-state index contributed by atoms with van der Waals surface area (Å²) in [5, 5.41) is 15.9. The Bertz CT molecular complexity index is 1210. The molecule has 174 valence electrons. The van der Waals surface area contributed by atoms with Crippen molar-refractivity contribution in [2.24, 2.45) is 0 Å². The maximum Gasteiger partial charge on any atom is 0.225 e. The van der Waals surface area contributed by atoms with Gasteiger partial charge in [0.25, 0.3) is 0 Å². The average molecular weight is 585 g/mol. The molecule has 4 rings (SSSR count). The van der Waals surface area contributed by atoms with Crippen LogP contribution in [-0.2, 0) is 11.3 Å². The number of amides is 1. The zero-order valence-electron chi connectivity index (χ0n) is 18.6. The molecule has 0 radical (unpaired) electrons. The highest BCUT2D eigenvalue weighted by Gasteiger charge is 2.15. The fraction of sp³-hybridized carbons (Fsp3) is 0.160. The minimum Gasteiger partial charge on any atom is -0.497 e. The molecule has 0 aliphatic carbocycles. The van der Waals surface area contributed by atoms with E-state index in [0.29, 0.717) is 18.7 Å². The molecule has 2 N–H and O–H groups in total. The van der Waals surface area contributed by atoms with Gasteiger partial charge in [0.2, 0.25) is 5.91 Å². The van der Waals surface area contributed by atoms with Gasteiger partial charge in [-0.05, 0) is 83.3 Å². The van der Waals surface area contributed by atoms with Crippen LogP contribution in [0.15, 0.2) is 84.0 Å². The van der Waals surface area contributed by atoms with Gasteiger partial charge in [0.05, 0.1) is 13.7 Å². The van der Waals surface area contributed by atoms with Crippen LogP contribution in [0.4, 0.5) is 11.4 Å². The molecule has 0 unspecified atom stereocenters. The molecule has 0 atom stereocenters. The number of hydrogen-bond donors (Lipinski definition) is 2.